The first-order chi connectivity index (χ1) is 16.1. The van der Waals surface area contributed by atoms with Gasteiger partial charge in [-0.25, -0.2) is 0 Å². The summed E-state index contributed by atoms with van der Waals surface area (Å²) in [5, 5.41) is 9.66. The molecule has 0 fully saturated rings. The number of amides is 1. The van der Waals surface area contributed by atoms with Crippen LogP contribution in [0.4, 0.5) is 5.69 Å². The summed E-state index contributed by atoms with van der Waals surface area (Å²) in [6.45, 7) is 6.25. The minimum atomic E-state index is 0.0996. The molecule has 0 saturated carbocycles. The van der Waals surface area contributed by atoms with Gasteiger partial charge in [-0.05, 0) is 56.5 Å². The van der Waals surface area contributed by atoms with Gasteiger partial charge in [0.05, 0.1) is 19.0 Å². The molecule has 3 heterocycles. The van der Waals surface area contributed by atoms with E-state index >= 15 is 0 Å². The zero-order valence-electron chi connectivity index (χ0n) is 19.0. The van der Waals surface area contributed by atoms with E-state index in [0.717, 1.165) is 59.5 Å². The molecule has 2 aliphatic rings. The van der Waals surface area contributed by atoms with Crippen LogP contribution in [0.3, 0.4) is 0 Å². The summed E-state index contributed by atoms with van der Waals surface area (Å²) in [7, 11) is 0. The van der Waals surface area contributed by atoms with E-state index in [4.69, 9.17) is 9.47 Å². The van der Waals surface area contributed by atoms with E-state index in [2.05, 4.69) is 34.7 Å². The lowest BCUT2D eigenvalue weighted by atomic mass is 10.0. The van der Waals surface area contributed by atoms with E-state index in [0.29, 0.717) is 19.0 Å². The Kier molecular flexibility index (Phi) is 6.26. The molecule has 0 unspecified atom stereocenters. The van der Waals surface area contributed by atoms with Gasteiger partial charge in [0, 0.05) is 30.3 Å². The Hall–Kier alpha value is -3.00. The van der Waals surface area contributed by atoms with E-state index in [1.807, 2.05) is 41.3 Å². The van der Waals surface area contributed by atoms with Gasteiger partial charge in [-0.3, -0.25) is 9.36 Å². The lowest BCUT2D eigenvalue weighted by Gasteiger charge is -2.29. The molecule has 8 heteroatoms. The highest BCUT2D eigenvalue weighted by atomic mass is 32.2. The highest BCUT2D eigenvalue weighted by Gasteiger charge is 2.24. The predicted octanol–water partition coefficient (Wildman–Crippen LogP) is 4.76. The molecular weight excluding hydrogens is 436 g/mol. The normalized spacial score (nSPS) is 15.3. The third kappa shape index (κ3) is 4.44. The molecule has 172 valence electrons. The summed E-state index contributed by atoms with van der Waals surface area (Å²) in [6, 6.07) is 14.2. The molecule has 0 saturated heterocycles. The summed E-state index contributed by atoms with van der Waals surface area (Å²) in [5.74, 6) is 2.67. The smallest absolute Gasteiger partial charge is 0.237 e. The maximum Gasteiger partial charge on any atom is 0.237 e. The van der Waals surface area contributed by atoms with Crippen molar-refractivity contribution >= 4 is 23.4 Å². The van der Waals surface area contributed by atoms with Gasteiger partial charge < -0.3 is 14.4 Å². The number of carbonyl (C=O) groups excluding carboxylic acids is 1. The molecule has 1 aromatic heterocycles. The van der Waals surface area contributed by atoms with Crippen LogP contribution in [-0.2, 0) is 11.2 Å². The van der Waals surface area contributed by atoms with Crippen molar-refractivity contribution in [3.05, 3.63) is 48.0 Å². The highest BCUT2D eigenvalue weighted by Crippen LogP contribution is 2.36. The van der Waals surface area contributed by atoms with Crippen molar-refractivity contribution in [3.8, 4) is 22.9 Å². The molecule has 2 aliphatic heterocycles. The van der Waals surface area contributed by atoms with Crippen molar-refractivity contribution < 1.29 is 14.3 Å². The zero-order valence-corrected chi connectivity index (χ0v) is 19.8. The first-order valence-electron chi connectivity index (χ1n) is 11.5. The second-order valence-corrected chi connectivity index (χ2v) is 9.49. The van der Waals surface area contributed by atoms with Crippen LogP contribution in [0.2, 0.25) is 0 Å². The summed E-state index contributed by atoms with van der Waals surface area (Å²) in [6.07, 6.45) is 2.88. The summed E-state index contributed by atoms with van der Waals surface area (Å²) in [5.41, 5.74) is 3.19. The predicted molar refractivity (Wildman–Crippen MR) is 129 cm³/mol. The van der Waals surface area contributed by atoms with Crippen LogP contribution in [0.5, 0.6) is 11.5 Å². The van der Waals surface area contributed by atoms with Crippen molar-refractivity contribution in [2.75, 3.05) is 30.4 Å². The monoisotopic (exact) mass is 464 g/mol. The maximum absolute atomic E-state index is 13.1. The molecule has 0 radical (unpaired) electrons. The van der Waals surface area contributed by atoms with Crippen molar-refractivity contribution in [1.82, 2.24) is 14.8 Å². The minimum absolute atomic E-state index is 0.0996. The standard InChI is InChI=1S/C25H28N4O3S/c1-17(2)29-24(19-10-11-21-22(15-19)32-14-6-13-31-21)26-27-25(29)33-16-23(30)28-12-5-8-18-7-3-4-9-20(18)28/h3-4,7,9-11,15,17H,5-6,8,12-14,16H2,1-2H3. The van der Waals surface area contributed by atoms with Crippen molar-refractivity contribution in [2.24, 2.45) is 0 Å². The van der Waals surface area contributed by atoms with E-state index in [1.54, 1.807) is 0 Å². The molecule has 0 bridgehead atoms. The Morgan fingerprint density at radius 2 is 1.88 bits per heavy atom. The van der Waals surface area contributed by atoms with Gasteiger partial charge in [-0.15, -0.1) is 10.2 Å². The fourth-order valence-electron chi connectivity index (χ4n) is 4.34. The lowest BCUT2D eigenvalue weighted by Crippen LogP contribution is -2.36. The lowest BCUT2D eigenvalue weighted by molar-refractivity contribution is -0.116. The number of hydrogen-bond donors (Lipinski definition) is 0. The number of hydrogen-bond acceptors (Lipinski definition) is 6. The average molecular weight is 465 g/mol. The maximum atomic E-state index is 13.1. The topological polar surface area (TPSA) is 69.5 Å². The van der Waals surface area contributed by atoms with E-state index in [1.165, 1.54) is 17.3 Å². The molecule has 33 heavy (non-hydrogen) atoms. The molecule has 0 N–H and O–H groups in total. The number of nitrogens with zero attached hydrogens (tertiary/aromatic N) is 4. The zero-order chi connectivity index (χ0) is 22.8. The fourth-order valence-corrected chi connectivity index (χ4v) is 5.28. The summed E-state index contributed by atoms with van der Waals surface area (Å²) in [4.78, 5) is 15.0. The van der Waals surface area contributed by atoms with Crippen LogP contribution in [0.25, 0.3) is 11.4 Å². The Labute approximate surface area is 198 Å². The Morgan fingerprint density at radius 3 is 2.73 bits per heavy atom. The van der Waals surface area contributed by atoms with Gasteiger partial charge in [0.2, 0.25) is 5.91 Å². The molecule has 2 aromatic carbocycles. The molecule has 5 rings (SSSR count). The number of carbonyl (C=O) groups is 1. The van der Waals surface area contributed by atoms with Gasteiger partial charge in [0.1, 0.15) is 0 Å². The van der Waals surface area contributed by atoms with Gasteiger partial charge in [0.15, 0.2) is 22.5 Å². The molecule has 0 atom stereocenters. The van der Waals surface area contributed by atoms with Gasteiger partial charge in [-0.2, -0.15) is 0 Å². The minimum Gasteiger partial charge on any atom is -0.490 e. The Balaban J connectivity index is 1.36. The number of fused-ring (bicyclic) bond motifs is 2. The van der Waals surface area contributed by atoms with Crippen molar-refractivity contribution in [1.29, 1.82) is 0 Å². The number of thioether (sulfide) groups is 1. The van der Waals surface area contributed by atoms with Gasteiger partial charge in [-0.1, -0.05) is 30.0 Å². The van der Waals surface area contributed by atoms with E-state index in [9.17, 15) is 4.79 Å². The third-order valence-electron chi connectivity index (χ3n) is 5.92. The van der Waals surface area contributed by atoms with Crippen LogP contribution in [0.15, 0.2) is 47.6 Å². The van der Waals surface area contributed by atoms with Gasteiger partial charge >= 0.3 is 0 Å². The largest absolute Gasteiger partial charge is 0.490 e. The molecule has 0 spiro atoms. The number of aryl methyl sites for hydroxylation is 1. The molecule has 7 nitrogen and oxygen atoms in total. The first-order valence-corrected chi connectivity index (χ1v) is 12.5. The van der Waals surface area contributed by atoms with Crippen LogP contribution in [-0.4, -0.2) is 46.2 Å². The number of aromatic nitrogens is 3. The summed E-state index contributed by atoms with van der Waals surface area (Å²) >= 11 is 1.44. The quantitative estimate of drug-likeness (QED) is 0.507. The Morgan fingerprint density at radius 1 is 1.06 bits per heavy atom. The van der Waals surface area contributed by atoms with Crippen LogP contribution in [0, 0.1) is 0 Å². The molecule has 1 amide bonds. The summed E-state index contributed by atoms with van der Waals surface area (Å²) < 4.78 is 13.7. The fraction of sp³-hybridized carbons (Fsp3) is 0.400. The van der Waals surface area contributed by atoms with Crippen molar-refractivity contribution in [3.63, 3.8) is 0 Å². The van der Waals surface area contributed by atoms with Crippen molar-refractivity contribution in [2.45, 2.75) is 44.3 Å². The highest BCUT2D eigenvalue weighted by molar-refractivity contribution is 7.99. The first kappa shape index (κ1) is 21.8. The van der Waals surface area contributed by atoms with Crippen LogP contribution in [0.1, 0.15) is 38.3 Å². The van der Waals surface area contributed by atoms with Crippen LogP contribution < -0.4 is 14.4 Å². The van der Waals surface area contributed by atoms with Gasteiger partial charge in [0.25, 0.3) is 0 Å². The van der Waals surface area contributed by atoms with Crippen LogP contribution >= 0.6 is 11.8 Å². The second-order valence-electron chi connectivity index (χ2n) is 8.55. The van der Waals surface area contributed by atoms with E-state index in [-0.39, 0.29) is 11.9 Å². The number of rotatable bonds is 5. The Bertz CT molecular complexity index is 1160. The average Bonchev–Trinajstić information content (AvgIpc) is 3.13. The number of ether oxygens (including phenoxy) is 2. The molecular formula is C25H28N4O3S. The SMILES string of the molecule is CC(C)n1c(SCC(=O)N2CCCc3ccccc32)nnc1-c1ccc2c(c1)OCCCO2. The number of para-hydroxylation sites is 1. The second kappa shape index (κ2) is 9.47. The molecule has 3 aromatic rings. The third-order valence-corrected chi connectivity index (χ3v) is 6.85. The number of anilines is 1. The van der Waals surface area contributed by atoms with E-state index < -0.39 is 0 Å². The number of benzene rings is 2. The molecule has 0 aliphatic carbocycles.